The van der Waals surface area contributed by atoms with Gasteiger partial charge in [-0.05, 0) is 24.6 Å². The number of aromatic hydroxyl groups is 1. The molecule has 2 heterocycles. The molecule has 2 fully saturated rings. The summed E-state index contributed by atoms with van der Waals surface area (Å²) >= 11 is 0. The number of rotatable bonds is 3. The summed E-state index contributed by atoms with van der Waals surface area (Å²) in [7, 11) is 0. The summed E-state index contributed by atoms with van der Waals surface area (Å²) < 4.78 is 0. The van der Waals surface area contributed by atoms with E-state index in [4.69, 9.17) is 0 Å². The smallest absolute Gasteiger partial charge is 0.115 e. The summed E-state index contributed by atoms with van der Waals surface area (Å²) in [6.07, 6.45) is 0. The molecule has 2 N–H and O–H groups in total. The van der Waals surface area contributed by atoms with Crippen LogP contribution in [0.25, 0.3) is 0 Å². The molecular formula is C15H23N3O. The van der Waals surface area contributed by atoms with E-state index in [1.165, 1.54) is 18.7 Å². The van der Waals surface area contributed by atoms with Gasteiger partial charge in [-0.2, -0.15) is 0 Å². The zero-order valence-electron chi connectivity index (χ0n) is 11.5. The van der Waals surface area contributed by atoms with Gasteiger partial charge in [0.25, 0.3) is 0 Å². The van der Waals surface area contributed by atoms with E-state index >= 15 is 0 Å². The van der Waals surface area contributed by atoms with Crippen LogP contribution in [0.1, 0.15) is 18.5 Å². The summed E-state index contributed by atoms with van der Waals surface area (Å²) in [5.41, 5.74) is 1.29. The number of phenolic OH excluding ortho intramolecular Hbond substituents is 1. The Morgan fingerprint density at radius 3 is 2.26 bits per heavy atom. The molecule has 104 valence electrons. The Kier molecular flexibility index (Phi) is 3.73. The number of hydrogen-bond donors (Lipinski definition) is 2. The van der Waals surface area contributed by atoms with Crippen molar-refractivity contribution in [3.8, 4) is 5.75 Å². The van der Waals surface area contributed by atoms with Crippen LogP contribution >= 0.6 is 0 Å². The first kappa shape index (κ1) is 12.9. The average molecular weight is 261 g/mol. The van der Waals surface area contributed by atoms with E-state index in [2.05, 4.69) is 22.0 Å². The normalized spacial score (nSPS) is 24.1. The molecule has 1 unspecified atom stereocenters. The lowest BCUT2D eigenvalue weighted by Gasteiger charge is -2.44. The molecule has 0 aromatic heterocycles. The van der Waals surface area contributed by atoms with E-state index in [-0.39, 0.29) is 0 Å². The Hall–Kier alpha value is -1.10. The van der Waals surface area contributed by atoms with Crippen LogP contribution in [0.4, 0.5) is 0 Å². The second kappa shape index (κ2) is 5.49. The molecule has 2 saturated heterocycles. The van der Waals surface area contributed by atoms with Crippen molar-refractivity contribution in [1.29, 1.82) is 0 Å². The highest BCUT2D eigenvalue weighted by molar-refractivity contribution is 5.27. The van der Waals surface area contributed by atoms with Gasteiger partial charge in [-0.25, -0.2) is 0 Å². The van der Waals surface area contributed by atoms with E-state index < -0.39 is 0 Å². The molecule has 0 aliphatic carbocycles. The first-order valence-electron chi connectivity index (χ1n) is 7.22. The summed E-state index contributed by atoms with van der Waals surface area (Å²) in [6, 6.07) is 8.82. The quantitative estimate of drug-likeness (QED) is 0.853. The third-order valence-electron chi connectivity index (χ3n) is 4.55. The van der Waals surface area contributed by atoms with E-state index in [1.54, 1.807) is 12.1 Å². The van der Waals surface area contributed by atoms with Crippen molar-refractivity contribution < 1.29 is 5.11 Å². The van der Waals surface area contributed by atoms with Crippen LogP contribution < -0.4 is 5.32 Å². The predicted molar refractivity (Wildman–Crippen MR) is 76.3 cm³/mol. The summed E-state index contributed by atoms with van der Waals surface area (Å²) in [5, 5.41) is 12.7. The lowest BCUT2D eigenvalue weighted by Crippen LogP contribution is -2.61. The highest BCUT2D eigenvalue weighted by Crippen LogP contribution is 2.24. The minimum atomic E-state index is 0.346. The molecular weight excluding hydrogens is 238 g/mol. The van der Waals surface area contributed by atoms with Crippen molar-refractivity contribution in [2.75, 3.05) is 39.3 Å². The fourth-order valence-electron chi connectivity index (χ4n) is 2.99. The Morgan fingerprint density at radius 1 is 1.11 bits per heavy atom. The first-order valence-corrected chi connectivity index (χ1v) is 7.22. The van der Waals surface area contributed by atoms with Gasteiger partial charge in [0, 0.05) is 51.4 Å². The molecule has 0 bridgehead atoms. The van der Waals surface area contributed by atoms with Gasteiger partial charge in [0.2, 0.25) is 0 Å². The zero-order chi connectivity index (χ0) is 13.2. The van der Waals surface area contributed by atoms with Crippen molar-refractivity contribution in [1.82, 2.24) is 15.1 Å². The van der Waals surface area contributed by atoms with Crippen LogP contribution in [0.3, 0.4) is 0 Å². The SMILES string of the molecule is CC(c1ccc(O)cc1)N1CCN(C2CNC2)CC1. The molecule has 0 radical (unpaired) electrons. The topological polar surface area (TPSA) is 38.7 Å². The van der Waals surface area contributed by atoms with E-state index in [1.807, 2.05) is 12.1 Å². The Morgan fingerprint density at radius 2 is 1.74 bits per heavy atom. The number of benzene rings is 1. The predicted octanol–water partition coefficient (Wildman–Crippen LogP) is 1.04. The van der Waals surface area contributed by atoms with Crippen LogP contribution in [-0.4, -0.2) is 60.2 Å². The molecule has 0 spiro atoms. The van der Waals surface area contributed by atoms with Gasteiger partial charge in [0.1, 0.15) is 5.75 Å². The molecule has 3 rings (SSSR count). The summed E-state index contributed by atoms with van der Waals surface area (Å²) in [6.45, 7) is 9.20. The molecule has 19 heavy (non-hydrogen) atoms. The van der Waals surface area contributed by atoms with Gasteiger partial charge in [0.15, 0.2) is 0 Å². The van der Waals surface area contributed by atoms with Crippen LogP contribution in [0.15, 0.2) is 24.3 Å². The number of phenols is 1. The van der Waals surface area contributed by atoms with E-state index in [0.29, 0.717) is 11.8 Å². The summed E-state index contributed by atoms with van der Waals surface area (Å²) in [4.78, 5) is 5.14. The highest BCUT2D eigenvalue weighted by atomic mass is 16.3. The van der Waals surface area contributed by atoms with Crippen molar-refractivity contribution in [2.45, 2.75) is 19.0 Å². The van der Waals surface area contributed by atoms with E-state index in [9.17, 15) is 5.11 Å². The minimum Gasteiger partial charge on any atom is -0.508 e. The molecule has 0 saturated carbocycles. The monoisotopic (exact) mass is 261 g/mol. The fraction of sp³-hybridized carbons (Fsp3) is 0.600. The van der Waals surface area contributed by atoms with Gasteiger partial charge in [-0.3, -0.25) is 9.80 Å². The van der Waals surface area contributed by atoms with Crippen LogP contribution in [0, 0.1) is 0 Å². The zero-order valence-corrected chi connectivity index (χ0v) is 11.5. The lowest BCUT2D eigenvalue weighted by molar-refractivity contribution is 0.0552. The molecule has 1 aromatic carbocycles. The van der Waals surface area contributed by atoms with E-state index in [0.717, 1.165) is 32.2 Å². The molecule has 0 amide bonds. The van der Waals surface area contributed by atoms with Crippen molar-refractivity contribution in [3.05, 3.63) is 29.8 Å². The van der Waals surface area contributed by atoms with Crippen LogP contribution in [-0.2, 0) is 0 Å². The Balaban J connectivity index is 1.56. The maximum atomic E-state index is 9.35. The van der Waals surface area contributed by atoms with Gasteiger partial charge in [-0.1, -0.05) is 12.1 Å². The number of nitrogens with zero attached hydrogens (tertiary/aromatic N) is 2. The van der Waals surface area contributed by atoms with Gasteiger partial charge >= 0.3 is 0 Å². The molecule has 1 aromatic rings. The van der Waals surface area contributed by atoms with Gasteiger partial charge in [0.05, 0.1) is 0 Å². The van der Waals surface area contributed by atoms with Gasteiger partial charge < -0.3 is 10.4 Å². The largest absolute Gasteiger partial charge is 0.508 e. The number of piperazine rings is 1. The minimum absolute atomic E-state index is 0.346. The maximum absolute atomic E-state index is 9.35. The second-order valence-corrected chi connectivity index (χ2v) is 5.65. The summed E-state index contributed by atoms with van der Waals surface area (Å²) in [5.74, 6) is 0.346. The number of hydrogen-bond acceptors (Lipinski definition) is 4. The van der Waals surface area contributed by atoms with Crippen molar-refractivity contribution in [2.24, 2.45) is 0 Å². The van der Waals surface area contributed by atoms with Crippen LogP contribution in [0.5, 0.6) is 5.75 Å². The number of nitrogens with one attached hydrogen (secondary N) is 1. The van der Waals surface area contributed by atoms with Crippen LogP contribution in [0.2, 0.25) is 0 Å². The maximum Gasteiger partial charge on any atom is 0.115 e. The molecule has 2 aliphatic rings. The Labute approximate surface area is 115 Å². The molecule has 4 nitrogen and oxygen atoms in total. The fourth-order valence-corrected chi connectivity index (χ4v) is 2.99. The third-order valence-corrected chi connectivity index (χ3v) is 4.55. The van der Waals surface area contributed by atoms with Crippen molar-refractivity contribution in [3.63, 3.8) is 0 Å². The lowest BCUT2D eigenvalue weighted by atomic mass is 10.0. The molecule has 4 heteroatoms. The van der Waals surface area contributed by atoms with Gasteiger partial charge in [-0.15, -0.1) is 0 Å². The molecule has 2 aliphatic heterocycles. The molecule has 1 atom stereocenters. The standard InChI is InChI=1S/C15H23N3O/c1-12(13-2-4-15(19)5-3-13)17-6-8-18(9-7-17)14-10-16-11-14/h2-5,12,14,16,19H,6-11H2,1H3. The second-order valence-electron chi connectivity index (χ2n) is 5.65. The third kappa shape index (κ3) is 2.76. The highest BCUT2D eigenvalue weighted by Gasteiger charge is 2.29. The Bertz CT molecular complexity index is 408. The van der Waals surface area contributed by atoms with Crippen molar-refractivity contribution >= 4 is 0 Å². The first-order chi connectivity index (χ1) is 9.24. The average Bonchev–Trinajstić information content (AvgIpc) is 2.38.